The van der Waals surface area contributed by atoms with E-state index in [9.17, 15) is 18.0 Å². The molecule has 2 N–H and O–H groups in total. The van der Waals surface area contributed by atoms with Crippen LogP contribution in [0.2, 0.25) is 5.02 Å². The molecule has 1 aliphatic carbocycles. The van der Waals surface area contributed by atoms with Crippen LogP contribution in [-0.2, 0) is 6.18 Å². The highest BCUT2D eigenvalue weighted by molar-refractivity contribution is 6.33. The van der Waals surface area contributed by atoms with E-state index in [1.54, 1.807) is 0 Å². The lowest BCUT2D eigenvalue weighted by Gasteiger charge is -2.23. The summed E-state index contributed by atoms with van der Waals surface area (Å²) in [6, 6.07) is 2.53. The monoisotopic (exact) mass is 320 g/mol. The van der Waals surface area contributed by atoms with Gasteiger partial charge in [0.15, 0.2) is 0 Å². The van der Waals surface area contributed by atoms with Crippen LogP contribution in [-0.4, -0.2) is 12.1 Å². The first-order chi connectivity index (χ1) is 9.86. The van der Waals surface area contributed by atoms with Crippen molar-refractivity contribution < 1.29 is 18.0 Å². The molecule has 0 spiro atoms. The lowest BCUT2D eigenvalue weighted by Crippen LogP contribution is -2.39. The number of carbonyl (C=O) groups is 1. The lowest BCUT2D eigenvalue weighted by atomic mass is 9.96. The molecule has 1 aliphatic rings. The molecule has 1 saturated carbocycles. The van der Waals surface area contributed by atoms with Crippen LogP contribution in [0.25, 0.3) is 0 Å². The molecule has 0 atom stereocenters. The molecule has 7 heteroatoms. The highest BCUT2D eigenvalue weighted by Gasteiger charge is 2.31. The number of rotatable bonds is 2. The molecule has 1 fully saturated rings. The summed E-state index contributed by atoms with van der Waals surface area (Å²) in [5, 5.41) is 5.16. The van der Waals surface area contributed by atoms with Gasteiger partial charge in [0.1, 0.15) is 0 Å². The Labute approximate surface area is 125 Å². The van der Waals surface area contributed by atoms with Gasteiger partial charge in [0.25, 0.3) is 0 Å². The smallest absolute Gasteiger partial charge is 0.335 e. The number of hydrogen-bond acceptors (Lipinski definition) is 1. The minimum absolute atomic E-state index is 0.118. The van der Waals surface area contributed by atoms with Gasteiger partial charge in [-0.15, -0.1) is 0 Å². The third kappa shape index (κ3) is 4.52. The van der Waals surface area contributed by atoms with Gasteiger partial charge in [-0.05, 0) is 31.0 Å². The van der Waals surface area contributed by atoms with Crippen molar-refractivity contribution in [3.8, 4) is 0 Å². The minimum atomic E-state index is -4.45. The molecular weight excluding hydrogens is 305 g/mol. The number of anilines is 1. The molecule has 0 heterocycles. The molecule has 3 nitrogen and oxygen atoms in total. The van der Waals surface area contributed by atoms with Crippen LogP contribution in [0.3, 0.4) is 0 Å². The molecule has 21 heavy (non-hydrogen) atoms. The first-order valence-corrected chi connectivity index (χ1v) is 7.18. The second kappa shape index (κ2) is 6.56. The minimum Gasteiger partial charge on any atom is -0.335 e. The highest BCUT2D eigenvalue weighted by Crippen LogP contribution is 2.33. The van der Waals surface area contributed by atoms with E-state index in [1.807, 2.05) is 0 Å². The molecule has 2 rings (SSSR count). The topological polar surface area (TPSA) is 41.1 Å². The van der Waals surface area contributed by atoms with Crippen LogP contribution < -0.4 is 10.6 Å². The Balaban J connectivity index is 1.97. The van der Waals surface area contributed by atoms with E-state index in [1.165, 1.54) is 6.42 Å². The van der Waals surface area contributed by atoms with Gasteiger partial charge >= 0.3 is 12.2 Å². The maximum atomic E-state index is 12.5. The van der Waals surface area contributed by atoms with E-state index in [-0.39, 0.29) is 16.8 Å². The van der Waals surface area contributed by atoms with E-state index in [2.05, 4.69) is 10.6 Å². The van der Waals surface area contributed by atoms with Crippen LogP contribution >= 0.6 is 11.6 Å². The van der Waals surface area contributed by atoms with Crippen molar-refractivity contribution in [2.45, 2.75) is 44.3 Å². The molecule has 116 valence electrons. The number of halogens is 4. The SMILES string of the molecule is O=C(Nc1ccc(C(F)(F)F)cc1Cl)NC1CCCCC1. The van der Waals surface area contributed by atoms with Gasteiger partial charge in [0, 0.05) is 6.04 Å². The van der Waals surface area contributed by atoms with Gasteiger partial charge in [0.2, 0.25) is 0 Å². The molecule has 1 aromatic rings. The summed E-state index contributed by atoms with van der Waals surface area (Å²) in [5.41, 5.74) is -0.677. The fraction of sp³-hybridized carbons (Fsp3) is 0.500. The maximum Gasteiger partial charge on any atom is 0.416 e. The summed E-state index contributed by atoms with van der Waals surface area (Å²) >= 11 is 5.78. The average molecular weight is 321 g/mol. The number of nitrogens with one attached hydrogen (secondary N) is 2. The third-order valence-electron chi connectivity index (χ3n) is 3.49. The zero-order valence-corrected chi connectivity index (χ0v) is 12.0. The molecule has 0 unspecified atom stereocenters. The number of hydrogen-bond donors (Lipinski definition) is 2. The number of alkyl halides is 3. The van der Waals surface area contributed by atoms with Gasteiger partial charge in [-0.1, -0.05) is 30.9 Å². The molecule has 0 radical (unpaired) electrons. The van der Waals surface area contributed by atoms with Crippen molar-refractivity contribution >= 4 is 23.3 Å². The van der Waals surface area contributed by atoms with Gasteiger partial charge in [-0.2, -0.15) is 13.2 Å². The average Bonchev–Trinajstić information content (AvgIpc) is 2.41. The van der Waals surface area contributed by atoms with Crippen molar-refractivity contribution in [1.82, 2.24) is 5.32 Å². The molecule has 0 aliphatic heterocycles. The number of benzene rings is 1. The normalized spacial score (nSPS) is 16.6. The maximum absolute atomic E-state index is 12.5. The van der Waals surface area contributed by atoms with Crippen molar-refractivity contribution in [2.24, 2.45) is 0 Å². The van der Waals surface area contributed by atoms with E-state index >= 15 is 0 Å². The van der Waals surface area contributed by atoms with Gasteiger partial charge in [0.05, 0.1) is 16.3 Å². The van der Waals surface area contributed by atoms with Crippen molar-refractivity contribution in [3.05, 3.63) is 28.8 Å². The second-order valence-corrected chi connectivity index (χ2v) is 5.53. The molecule has 0 aromatic heterocycles. The van der Waals surface area contributed by atoms with Crippen molar-refractivity contribution in [2.75, 3.05) is 5.32 Å². The number of carbonyl (C=O) groups excluding carboxylic acids is 1. The van der Waals surface area contributed by atoms with Crippen LogP contribution in [0.4, 0.5) is 23.7 Å². The fourth-order valence-electron chi connectivity index (χ4n) is 2.38. The zero-order chi connectivity index (χ0) is 15.5. The highest BCUT2D eigenvalue weighted by atomic mass is 35.5. The van der Waals surface area contributed by atoms with E-state index < -0.39 is 17.8 Å². The van der Waals surface area contributed by atoms with E-state index in [0.717, 1.165) is 43.9 Å². The van der Waals surface area contributed by atoms with E-state index in [4.69, 9.17) is 11.6 Å². The van der Waals surface area contributed by atoms with Crippen molar-refractivity contribution in [3.63, 3.8) is 0 Å². The van der Waals surface area contributed by atoms with Crippen LogP contribution in [0, 0.1) is 0 Å². The molecule has 0 bridgehead atoms. The molecule has 1 aromatic carbocycles. The zero-order valence-electron chi connectivity index (χ0n) is 11.3. The van der Waals surface area contributed by atoms with Gasteiger partial charge in [-0.3, -0.25) is 0 Å². The summed E-state index contributed by atoms with van der Waals surface area (Å²) in [4.78, 5) is 11.8. The largest absolute Gasteiger partial charge is 0.416 e. The second-order valence-electron chi connectivity index (χ2n) is 5.13. The van der Waals surface area contributed by atoms with Gasteiger partial charge < -0.3 is 10.6 Å². The third-order valence-corrected chi connectivity index (χ3v) is 3.80. The quantitative estimate of drug-likeness (QED) is 0.806. The summed E-state index contributed by atoms with van der Waals surface area (Å²) < 4.78 is 37.5. The summed E-state index contributed by atoms with van der Waals surface area (Å²) in [7, 11) is 0. The molecule has 2 amide bonds. The Kier molecular flexibility index (Phi) is 4.98. The summed E-state index contributed by atoms with van der Waals surface area (Å²) in [5.74, 6) is 0. The van der Waals surface area contributed by atoms with Crippen molar-refractivity contribution in [1.29, 1.82) is 0 Å². The standard InChI is InChI=1S/C14H16ClF3N2O/c15-11-8-9(14(16,17)18)6-7-12(11)20-13(21)19-10-4-2-1-3-5-10/h6-8,10H,1-5H2,(H2,19,20,21). The Hall–Kier alpha value is -1.43. The van der Waals surface area contributed by atoms with Crippen LogP contribution in [0.1, 0.15) is 37.7 Å². The van der Waals surface area contributed by atoms with Crippen LogP contribution in [0.15, 0.2) is 18.2 Å². The molecular formula is C14H16ClF3N2O. The summed E-state index contributed by atoms with van der Waals surface area (Å²) in [6.45, 7) is 0. The summed E-state index contributed by atoms with van der Waals surface area (Å²) in [6.07, 6.45) is 0.720. The first kappa shape index (κ1) is 15.9. The van der Waals surface area contributed by atoms with E-state index in [0.29, 0.717) is 0 Å². The Morgan fingerprint density at radius 1 is 1.19 bits per heavy atom. The Bertz CT molecular complexity index is 513. The first-order valence-electron chi connectivity index (χ1n) is 6.80. The van der Waals surface area contributed by atoms with Crippen LogP contribution in [0.5, 0.6) is 0 Å². The Morgan fingerprint density at radius 3 is 2.43 bits per heavy atom. The number of amides is 2. The Morgan fingerprint density at radius 2 is 1.86 bits per heavy atom. The number of urea groups is 1. The predicted octanol–water partition coefficient (Wildman–Crippen LogP) is 4.81. The van der Waals surface area contributed by atoms with Gasteiger partial charge in [-0.25, -0.2) is 4.79 Å². The lowest BCUT2D eigenvalue weighted by molar-refractivity contribution is -0.137. The molecule has 0 saturated heterocycles. The fourth-order valence-corrected chi connectivity index (χ4v) is 2.61. The predicted molar refractivity (Wildman–Crippen MR) is 75.5 cm³/mol.